The molecule has 0 saturated carbocycles. The number of anilines is 2. The molecule has 2 aromatic heterocycles. The van der Waals surface area contributed by atoms with E-state index < -0.39 is 0 Å². The number of benzene rings is 2. The van der Waals surface area contributed by atoms with E-state index in [-0.39, 0.29) is 0 Å². The predicted molar refractivity (Wildman–Crippen MR) is 130 cm³/mol. The van der Waals surface area contributed by atoms with Gasteiger partial charge in [0.25, 0.3) is 0 Å². The van der Waals surface area contributed by atoms with Crippen molar-refractivity contribution in [1.29, 1.82) is 0 Å². The van der Waals surface area contributed by atoms with Crippen LogP contribution in [0.1, 0.15) is 16.7 Å². The standard InChI is InChI=1S/C22H20Cl2N6S/c1-15-5-2-3-6-16(15)12-30-13-17(11-25-30)26-22(31)27-21-9-10-29(28-21)14-18-19(23)7-4-8-20(18)24/h2-11,13H,12,14H2,1H3,(H2,26,27,28,31). The second-order valence-corrected chi connectivity index (χ2v) is 8.25. The number of rotatable bonds is 6. The molecule has 6 nitrogen and oxygen atoms in total. The number of nitrogens with zero attached hydrogens (tertiary/aromatic N) is 4. The van der Waals surface area contributed by atoms with Gasteiger partial charge in [0.15, 0.2) is 10.9 Å². The Morgan fingerprint density at radius 2 is 1.74 bits per heavy atom. The van der Waals surface area contributed by atoms with E-state index in [0.717, 1.165) is 11.3 Å². The van der Waals surface area contributed by atoms with Gasteiger partial charge in [0.1, 0.15) is 0 Å². The van der Waals surface area contributed by atoms with Crippen molar-refractivity contribution in [3.63, 3.8) is 0 Å². The van der Waals surface area contributed by atoms with Crippen molar-refractivity contribution in [3.05, 3.63) is 93.9 Å². The molecule has 0 aliphatic rings. The Balaban J connectivity index is 1.35. The minimum Gasteiger partial charge on any atom is -0.330 e. The van der Waals surface area contributed by atoms with Gasteiger partial charge in [-0.2, -0.15) is 10.2 Å². The lowest BCUT2D eigenvalue weighted by Gasteiger charge is -2.08. The molecule has 2 heterocycles. The molecule has 0 amide bonds. The number of nitrogens with one attached hydrogen (secondary N) is 2. The summed E-state index contributed by atoms with van der Waals surface area (Å²) in [5, 5.41) is 16.7. The van der Waals surface area contributed by atoms with Crippen LogP contribution in [0.2, 0.25) is 10.0 Å². The first-order chi connectivity index (χ1) is 15.0. The number of halogens is 2. The molecule has 0 aliphatic heterocycles. The second kappa shape index (κ2) is 9.51. The highest BCUT2D eigenvalue weighted by Gasteiger charge is 2.09. The summed E-state index contributed by atoms with van der Waals surface area (Å²) in [6.07, 6.45) is 5.49. The maximum atomic E-state index is 6.24. The summed E-state index contributed by atoms with van der Waals surface area (Å²) in [6.45, 7) is 3.26. The monoisotopic (exact) mass is 470 g/mol. The van der Waals surface area contributed by atoms with Gasteiger partial charge >= 0.3 is 0 Å². The number of hydrogen-bond acceptors (Lipinski definition) is 3. The Kier molecular flexibility index (Phi) is 6.56. The van der Waals surface area contributed by atoms with E-state index in [1.54, 1.807) is 10.9 Å². The smallest absolute Gasteiger partial charge is 0.176 e. The second-order valence-electron chi connectivity index (χ2n) is 7.03. The highest BCUT2D eigenvalue weighted by atomic mass is 35.5. The predicted octanol–water partition coefficient (Wildman–Crippen LogP) is 5.60. The van der Waals surface area contributed by atoms with Crippen LogP contribution < -0.4 is 10.6 Å². The normalized spacial score (nSPS) is 10.8. The van der Waals surface area contributed by atoms with E-state index >= 15 is 0 Å². The zero-order chi connectivity index (χ0) is 21.8. The summed E-state index contributed by atoms with van der Waals surface area (Å²) < 4.78 is 3.62. The van der Waals surface area contributed by atoms with Crippen molar-refractivity contribution < 1.29 is 0 Å². The van der Waals surface area contributed by atoms with Gasteiger partial charge in [0.05, 0.1) is 25.0 Å². The fourth-order valence-corrected chi connectivity index (χ4v) is 3.86. The Labute approximate surface area is 195 Å². The van der Waals surface area contributed by atoms with Gasteiger partial charge in [0.2, 0.25) is 0 Å². The maximum absolute atomic E-state index is 6.24. The molecule has 0 saturated heterocycles. The largest absolute Gasteiger partial charge is 0.330 e. The zero-order valence-electron chi connectivity index (χ0n) is 16.7. The first kappa shape index (κ1) is 21.4. The van der Waals surface area contributed by atoms with E-state index in [1.807, 2.05) is 53.5 Å². The quantitative estimate of drug-likeness (QED) is 0.359. The Hall–Kier alpha value is -2.87. The summed E-state index contributed by atoms with van der Waals surface area (Å²) in [4.78, 5) is 0. The zero-order valence-corrected chi connectivity index (χ0v) is 19.0. The molecule has 9 heteroatoms. The van der Waals surface area contributed by atoms with Crippen molar-refractivity contribution in [2.75, 3.05) is 10.6 Å². The first-order valence-electron chi connectivity index (χ1n) is 9.59. The third-order valence-electron chi connectivity index (χ3n) is 4.75. The number of aromatic nitrogens is 4. The Bertz CT molecular complexity index is 1200. The van der Waals surface area contributed by atoms with Crippen molar-refractivity contribution in [2.45, 2.75) is 20.0 Å². The van der Waals surface area contributed by atoms with Gasteiger partial charge in [-0.15, -0.1) is 0 Å². The third-order valence-corrected chi connectivity index (χ3v) is 5.66. The molecule has 4 rings (SSSR count). The van der Waals surface area contributed by atoms with Crippen LogP contribution in [-0.2, 0) is 13.1 Å². The molecule has 0 spiro atoms. The van der Waals surface area contributed by atoms with E-state index in [4.69, 9.17) is 35.4 Å². The molecule has 0 fully saturated rings. The van der Waals surface area contributed by atoms with Crippen LogP contribution >= 0.6 is 35.4 Å². The van der Waals surface area contributed by atoms with Crippen molar-refractivity contribution in [2.24, 2.45) is 0 Å². The first-order valence-corrected chi connectivity index (χ1v) is 10.8. The molecule has 0 aliphatic carbocycles. The molecule has 0 bridgehead atoms. The highest BCUT2D eigenvalue weighted by Crippen LogP contribution is 2.25. The van der Waals surface area contributed by atoms with Crippen molar-refractivity contribution in [1.82, 2.24) is 19.6 Å². The molecular weight excluding hydrogens is 451 g/mol. The highest BCUT2D eigenvalue weighted by molar-refractivity contribution is 7.80. The Morgan fingerprint density at radius 1 is 0.968 bits per heavy atom. The molecular formula is C22H20Cl2N6S. The maximum Gasteiger partial charge on any atom is 0.176 e. The van der Waals surface area contributed by atoms with Crippen LogP contribution in [-0.4, -0.2) is 24.7 Å². The average molecular weight is 471 g/mol. The van der Waals surface area contributed by atoms with Crippen LogP contribution in [0.3, 0.4) is 0 Å². The lowest BCUT2D eigenvalue weighted by atomic mass is 10.1. The van der Waals surface area contributed by atoms with Crippen LogP contribution in [0.4, 0.5) is 11.5 Å². The summed E-state index contributed by atoms with van der Waals surface area (Å²) in [5.74, 6) is 0.618. The molecule has 0 unspecified atom stereocenters. The van der Waals surface area contributed by atoms with E-state index in [0.29, 0.717) is 34.1 Å². The van der Waals surface area contributed by atoms with E-state index in [2.05, 4.69) is 39.9 Å². The molecule has 0 radical (unpaired) electrons. The fraction of sp³-hybridized carbons (Fsp3) is 0.136. The molecule has 2 N–H and O–H groups in total. The minimum absolute atomic E-state index is 0.427. The number of hydrogen-bond donors (Lipinski definition) is 2. The van der Waals surface area contributed by atoms with Crippen LogP contribution in [0.5, 0.6) is 0 Å². The van der Waals surface area contributed by atoms with Gasteiger partial charge in [-0.1, -0.05) is 53.5 Å². The number of aryl methyl sites for hydroxylation is 1. The van der Waals surface area contributed by atoms with Gasteiger partial charge in [-0.3, -0.25) is 9.36 Å². The van der Waals surface area contributed by atoms with Crippen LogP contribution in [0.15, 0.2) is 67.1 Å². The van der Waals surface area contributed by atoms with E-state index in [1.165, 1.54) is 11.1 Å². The summed E-state index contributed by atoms with van der Waals surface area (Å²) in [6, 6.07) is 15.5. The SMILES string of the molecule is Cc1ccccc1Cn1cc(NC(=S)Nc2ccn(Cc3c(Cl)cccc3Cl)n2)cn1. The van der Waals surface area contributed by atoms with E-state index in [9.17, 15) is 0 Å². The van der Waals surface area contributed by atoms with Gasteiger partial charge in [-0.05, 0) is 42.4 Å². The summed E-state index contributed by atoms with van der Waals surface area (Å²) in [5.41, 5.74) is 4.08. The molecule has 31 heavy (non-hydrogen) atoms. The fourth-order valence-electron chi connectivity index (χ4n) is 3.12. The summed E-state index contributed by atoms with van der Waals surface area (Å²) in [7, 11) is 0. The minimum atomic E-state index is 0.427. The van der Waals surface area contributed by atoms with Gasteiger partial charge in [-0.25, -0.2) is 0 Å². The van der Waals surface area contributed by atoms with Crippen molar-refractivity contribution >= 4 is 52.0 Å². The lowest BCUT2D eigenvalue weighted by molar-refractivity contribution is 0.684. The van der Waals surface area contributed by atoms with Crippen molar-refractivity contribution in [3.8, 4) is 0 Å². The molecule has 0 atom stereocenters. The van der Waals surface area contributed by atoms with Gasteiger partial charge < -0.3 is 10.6 Å². The molecule has 4 aromatic rings. The van der Waals surface area contributed by atoms with Crippen LogP contribution in [0.25, 0.3) is 0 Å². The topological polar surface area (TPSA) is 59.7 Å². The molecule has 158 valence electrons. The number of thiocarbonyl (C=S) groups is 1. The van der Waals surface area contributed by atoms with Gasteiger partial charge in [0, 0.05) is 34.1 Å². The third kappa shape index (κ3) is 5.44. The lowest BCUT2D eigenvalue weighted by Crippen LogP contribution is -2.19. The molecule has 2 aromatic carbocycles. The average Bonchev–Trinajstić information content (AvgIpc) is 3.36. The Morgan fingerprint density at radius 3 is 2.52 bits per heavy atom. The van der Waals surface area contributed by atoms with Crippen LogP contribution in [0, 0.1) is 6.92 Å². The summed E-state index contributed by atoms with van der Waals surface area (Å²) >= 11 is 17.9.